The summed E-state index contributed by atoms with van der Waals surface area (Å²) in [5.74, 6) is -1.78. The van der Waals surface area contributed by atoms with Crippen molar-refractivity contribution in [1.29, 1.82) is 0 Å². The van der Waals surface area contributed by atoms with E-state index in [1.54, 1.807) is 0 Å². The molecule has 0 saturated carbocycles. The van der Waals surface area contributed by atoms with Gasteiger partial charge in [-0.2, -0.15) is 0 Å². The molecule has 1 aliphatic rings. The molecule has 1 aliphatic heterocycles. The zero-order valence-corrected chi connectivity index (χ0v) is 12.5. The number of carbonyl (C=O) groups is 2. The molecule has 1 fully saturated rings. The normalized spacial score (nSPS) is 16.7. The molecular weight excluding hydrogens is 317 g/mol. The predicted octanol–water partition coefficient (Wildman–Crippen LogP) is 1.91. The summed E-state index contributed by atoms with van der Waals surface area (Å²) in [4.78, 5) is 24.7. The third-order valence-electron chi connectivity index (χ3n) is 2.66. The number of hydrogen-bond acceptors (Lipinski definition) is 6. The summed E-state index contributed by atoms with van der Waals surface area (Å²) in [7, 11) is 1.21. The van der Waals surface area contributed by atoms with E-state index in [2.05, 4.69) is 4.74 Å². The second-order valence-electron chi connectivity index (χ2n) is 4.05. The molecule has 0 radical (unpaired) electrons. The van der Waals surface area contributed by atoms with Crippen LogP contribution in [0.3, 0.4) is 0 Å². The molecule has 1 heterocycles. The molecule has 1 aromatic carbocycles. The van der Waals surface area contributed by atoms with E-state index in [4.69, 9.17) is 12.2 Å². The topological polar surface area (TPSA) is 66.8 Å². The summed E-state index contributed by atoms with van der Waals surface area (Å²) < 4.78 is 17.8. The number of rotatable bonds is 3. The summed E-state index contributed by atoms with van der Waals surface area (Å²) in [6.07, 6.45) is 1.33. The van der Waals surface area contributed by atoms with Gasteiger partial charge in [0.2, 0.25) is 0 Å². The van der Waals surface area contributed by atoms with Crippen molar-refractivity contribution >= 4 is 46.3 Å². The average Bonchev–Trinajstić information content (AvgIpc) is 2.70. The molecule has 110 valence electrons. The molecule has 0 spiro atoms. The number of benzene rings is 1. The van der Waals surface area contributed by atoms with Gasteiger partial charge in [-0.1, -0.05) is 24.0 Å². The molecule has 0 bridgehead atoms. The lowest BCUT2D eigenvalue weighted by molar-refractivity contribution is -0.143. The van der Waals surface area contributed by atoms with E-state index >= 15 is 0 Å². The van der Waals surface area contributed by atoms with Crippen LogP contribution >= 0.6 is 24.0 Å². The number of methoxy groups -OCH3 is 1. The standard InChI is InChI=1S/C13H10FNO4S2/c1-19-11(17)6-15-12(18)10(21-13(15)20)5-7-4-8(14)2-3-9(7)16/h2-5,16H,6H2,1H3/b10-5+. The number of aromatic hydroxyl groups is 1. The van der Waals surface area contributed by atoms with Gasteiger partial charge in [0.25, 0.3) is 5.91 Å². The van der Waals surface area contributed by atoms with Crippen molar-refractivity contribution in [2.75, 3.05) is 13.7 Å². The summed E-state index contributed by atoms with van der Waals surface area (Å²) in [5.41, 5.74) is 0.161. The third-order valence-corrected chi connectivity index (χ3v) is 4.04. The number of phenols is 1. The second-order valence-corrected chi connectivity index (χ2v) is 5.72. The van der Waals surface area contributed by atoms with Gasteiger partial charge in [0, 0.05) is 5.56 Å². The number of amides is 1. The number of hydrogen-bond donors (Lipinski definition) is 1. The van der Waals surface area contributed by atoms with E-state index in [1.807, 2.05) is 0 Å². The highest BCUT2D eigenvalue weighted by atomic mass is 32.2. The van der Waals surface area contributed by atoms with E-state index < -0.39 is 17.7 Å². The van der Waals surface area contributed by atoms with Gasteiger partial charge in [0.15, 0.2) is 0 Å². The molecule has 0 unspecified atom stereocenters. The maximum atomic E-state index is 13.2. The molecule has 21 heavy (non-hydrogen) atoms. The van der Waals surface area contributed by atoms with Crippen molar-refractivity contribution in [2.24, 2.45) is 0 Å². The molecular formula is C13H10FNO4S2. The van der Waals surface area contributed by atoms with Gasteiger partial charge in [0.1, 0.15) is 22.4 Å². The van der Waals surface area contributed by atoms with Crippen LogP contribution in [0.2, 0.25) is 0 Å². The lowest BCUT2D eigenvalue weighted by Gasteiger charge is -2.11. The van der Waals surface area contributed by atoms with Crippen molar-refractivity contribution in [3.63, 3.8) is 0 Å². The first-order chi connectivity index (χ1) is 9.92. The number of esters is 1. The molecule has 1 saturated heterocycles. The monoisotopic (exact) mass is 327 g/mol. The fraction of sp³-hybridized carbons (Fsp3) is 0.154. The summed E-state index contributed by atoms with van der Waals surface area (Å²) >= 11 is 5.99. The molecule has 0 atom stereocenters. The Hall–Kier alpha value is -1.93. The number of nitrogens with zero attached hydrogens (tertiary/aromatic N) is 1. The van der Waals surface area contributed by atoms with Gasteiger partial charge in [-0.15, -0.1) is 0 Å². The lowest BCUT2D eigenvalue weighted by Crippen LogP contribution is -2.33. The number of thioether (sulfide) groups is 1. The van der Waals surface area contributed by atoms with E-state index in [0.717, 1.165) is 28.8 Å². The van der Waals surface area contributed by atoms with E-state index in [9.17, 15) is 19.1 Å². The number of phenolic OH excluding ortho intramolecular Hbond substituents is 1. The Labute approximate surface area is 129 Å². The zero-order chi connectivity index (χ0) is 15.6. The fourth-order valence-electron chi connectivity index (χ4n) is 1.61. The molecule has 0 aliphatic carbocycles. The van der Waals surface area contributed by atoms with Gasteiger partial charge < -0.3 is 9.84 Å². The summed E-state index contributed by atoms with van der Waals surface area (Å²) in [6.45, 7) is -0.284. The number of carbonyl (C=O) groups excluding carboxylic acids is 2. The Bertz CT molecular complexity index is 660. The van der Waals surface area contributed by atoms with Crippen molar-refractivity contribution in [3.05, 3.63) is 34.5 Å². The van der Waals surface area contributed by atoms with E-state index in [1.165, 1.54) is 19.3 Å². The molecule has 1 N–H and O–H groups in total. The van der Waals surface area contributed by atoms with Gasteiger partial charge >= 0.3 is 5.97 Å². The van der Waals surface area contributed by atoms with Crippen molar-refractivity contribution in [3.8, 4) is 5.75 Å². The Morgan fingerprint density at radius 3 is 2.95 bits per heavy atom. The lowest BCUT2D eigenvalue weighted by atomic mass is 10.2. The number of halogens is 1. The smallest absolute Gasteiger partial charge is 0.325 e. The highest BCUT2D eigenvalue weighted by Gasteiger charge is 2.33. The highest BCUT2D eigenvalue weighted by Crippen LogP contribution is 2.34. The average molecular weight is 327 g/mol. The van der Waals surface area contributed by atoms with Crippen LogP contribution in [0.1, 0.15) is 5.56 Å². The SMILES string of the molecule is COC(=O)CN1C(=O)/C(=C\c2cc(F)ccc2O)SC1=S. The first kappa shape index (κ1) is 15.5. The second kappa shape index (κ2) is 6.23. The van der Waals surface area contributed by atoms with Crippen LogP contribution in [0.4, 0.5) is 4.39 Å². The molecule has 1 amide bonds. The largest absolute Gasteiger partial charge is 0.507 e. The van der Waals surface area contributed by atoms with Crippen LogP contribution in [0.25, 0.3) is 6.08 Å². The van der Waals surface area contributed by atoms with Gasteiger partial charge in [0.05, 0.1) is 12.0 Å². The van der Waals surface area contributed by atoms with Crippen LogP contribution < -0.4 is 0 Å². The molecule has 8 heteroatoms. The maximum absolute atomic E-state index is 13.2. The summed E-state index contributed by atoms with van der Waals surface area (Å²) in [5, 5.41) is 9.64. The highest BCUT2D eigenvalue weighted by molar-refractivity contribution is 8.26. The Kier molecular flexibility index (Phi) is 4.59. The maximum Gasteiger partial charge on any atom is 0.325 e. The number of thiocarbonyl (C=S) groups is 1. The van der Waals surface area contributed by atoms with Crippen LogP contribution in [0, 0.1) is 5.82 Å². The summed E-state index contributed by atoms with van der Waals surface area (Å²) in [6, 6.07) is 3.40. The quantitative estimate of drug-likeness (QED) is 0.520. The first-order valence-electron chi connectivity index (χ1n) is 5.73. The molecule has 1 aromatic rings. The van der Waals surface area contributed by atoms with Crippen molar-refractivity contribution < 1.29 is 23.8 Å². The van der Waals surface area contributed by atoms with Crippen molar-refractivity contribution in [1.82, 2.24) is 4.90 Å². The molecule has 2 rings (SSSR count). The predicted molar refractivity (Wildman–Crippen MR) is 80.0 cm³/mol. The third kappa shape index (κ3) is 3.40. The van der Waals surface area contributed by atoms with Gasteiger partial charge in [-0.3, -0.25) is 14.5 Å². The van der Waals surface area contributed by atoms with Crippen molar-refractivity contribution in [2.45, 2.75) is 0 Å². The van der Waals surface area contributed by atoms with Crippen LogP contribution in [0.15, 0.2) is 23.1 Å². The molecule has 0 aromatic heterocycles. The Morgan fingerprint density at radius 1 is 1.57 bits per heavy atom. The fourth-order valence-corrected chi connectivity index (χ4v) is 2.86. The Morgan fingerprint density at radius 2 is 2.29 bits per heavy atom. The zero-order valence-electron chi connectivity index (χ0n) is 10.8. The number of ether oxygens (including phenoxy) is 1. The van der Waals surface area contributed by atoms with E-state index in [0.29, 0.717) is 0 Å². The Balaban J connectivity index is 2.28. The van der Waals surface area contributed by atoms with Crippen LogP contribution in [-0.2, 0) is 14.3 Å². The van der Waals surface area contributed by atoms with Crippen LogP contribution in [0.5, 0.6) is 5.75 Å². The minimum Gasteiger partial charge on any atom is -0.507 e. The van der Waals surface area contributed by atoms with Gasteiger partial charge in [-0.25, -0.2) is 4.39 Å². The minimum atomic E-state index is -0.596. The molecule has 5 nitrogen and oxygen atoms in total. The van der Waals surface area contributed by atoms with Crippen LogP contribution in [-0.4, -0.2) is 39.9 Å². The first-order valence-corrected chi connectivity index (χ1v) is 6.95. The van der Waals surface area contributed by atoms with E-state index in [-0.39, 0.29) is 27.1 Å². The minimum absolute atomic E-state index is 0.158. The van der Waals surface area contributed by atoms with Gasteiger partial charge in [-0.05, 0) is 24.3 Å².